The van der Waals surface area contributed by atoms with Gasteiger partial charge in [-0.25, -0.2) is 0 Å². The van der Waals surface area contributed by atoms with E-state index in [4.69, 9.17) is 0 Å². The number of piperidine rings is 1. The van der Waals surface area contributed by atoms with Crippen LogP contribution < -0.4 is 5.32 Å². The number of rotatable bonds is 4. The number of aromatic hydroxyl groups is 2. The summed E-state index contributed by atoms with van der Waals surface area (Å²) in [4.78, 5) is 2.44. The standard InChI is InChI=1S/C33H51NO2S2/c1-29(2,3)23-17-21(18-24(27(23)35)30(4,5)6)37-33(13-15-34-16-14-33)38-22-19-25(31(7,8)9)28(36)26(20-22)32(10,11)12/h17-20,34-36H,13-16H2,1-12H3. The summed E-state index contributed by atoms with van der Waals surface area (Å²) in [5, 5.41) is 26.1. The van der Waals surface area contributed by atoms with E-state index in [2.05, 4.69) is 113 Å². The summed E-state index contributed by atoms with van der Waals surface area (Å²) in [6, 6.07) is 8.88. The molecule has 1 aliphatic rings. The van der Waals surface area contributed by atoms with Gasteiger partial charge in [-0.2, -0.15) is 0 Å². The highest BCUT2D eigenvalue weighted by Gasteiger charge is 2.37. The second-order valence-electron chi connectivity index (χ2n) is 15.1. The molecule has 212 valence electrons. The van der Waals surface area contributed by atoms with Crippen LogP contribution in [0.5, 0.6) is 11.5 Å². The number of hydrogen-bond acceptors (Lipinski definition) is 5. The smallest absolute Gasteiger partial charge is 0.123 e. The minimum absolute atomic E-state index is 0.0478. The number of thioether (sulfide) groups is 2. The monoisotopic (exact) mass is 557 g/mol. The Labute approximate surface area is 241 Å². The fourth-order valence-electron chi connectivity index (χ4n) is 5.08. The van der Waals surface area contributed by atoms with Gasteiger partial charge in [0.2, 0.25) is 0 Å². The SMILES string of the molecule is CC(C)(C)c1cc(SC2(Sc3cc(C(C)(C)C)c(O)c(C(C)(C)C)c3)CCNCC2)cc(C(C)(C)C)c1O. The number of phenols is 2. The van der Waals surface area contributed by atoms with Crippen LogP contribution in [0.25, 0.3) is 0 Å². The molecule has 0 aliphatic carbocycles. The van der Waals surface area contributed by atoms with Crippen LogP contribution in [-0.4, -0.2) is 27.4 Å². The normalized spacial score (nSPS) is 17.1. The van der Waals surface area contributed by atoms with Gasteiger partial charge < -0.3 is 15.5 Å². The molecular formula is C33H51NO2S2. The predicted octanol–water partition coefficient (Wildman–Crippen LogP) is 9.25. The van der Waals surface area contributed by atoms with E-state index < -0.39 is 0 Å². The van der Waals surface area contributed by atoms with Crippen molar-refractivity contribution in [3.63, 3.8) is 0 Å². The Kier molecular flexibility index (Phi) is 8.71. The Bertz CT molecular complexity index is 996. The topological polar surface area (TPSA) is 52.5 Å². The predicted molar refractivity (Wildman–Crippen MR) is 168 cm³/mol. The van der Waals surface area contributed by atoms with Gasteiger partial charge in [0, 0.05) is 32.0 Å². The van der Waals surface area contributed by atoms with E-state index in [1.807, 2.05) is 23.5 Å². The quantitative estimate of drug-likeness (QED) is 0.327. The van der Waals surface area contributed by atoms with E-state index in [0.29, 0.717) is 11.5 Å². The Hall–Kier alpha value is -1.30. The molecule has 3 nitrogen and oxygen atoms in total. The van der Waals surface area contributed by atoms with Crippen molar-refractivity contribution in [2.75, 3.05) is 13.1 Å². The Morgan fingerprint density at radius 1 is 0.553 bits per heavy atom. The van der Waals surface area contributed by atoms with E-state index in [1.54, 1.807) is 0 Å². The molecule has 1 aliphatic heterocycles. The average molecular weight is 558 g/mol. The molecular weight excluding hydrogens is 507 g/mol. The zero-order valence-corrected chi connectivity index (χ0v) is 27.5. The van der Waals surface area contributed by atoms with Crippen LogP contribution in [0.1, 0.15) is 118 Å². The van der Waals surface area contributed by atoms with Crippen LogP contribution in [0.2, 0.25) is 0 Å². The third-order valence-corrected chi connectivity index (χ3v) is 10.4. The van der Waals surface area contributed by atoms with Gasteiger partial charge >= 0.3 is 0 Å². The van der Waals surface area contributed by atoms with Crippen LogP contribution in [0.15, 0.2) is 34.1 Å². The van der Waals surface area contributed by atoms with Crippen molar-refractivity contribution in [2.45, 2.75) is 131 Å². The summed E-state index contributed by atoms with van der Waals surface area (Å²) in [5.41, 5.74) is 3.41. The highest BCUT2D eigenvalue weighted by molar-refractivity contribution is 8.18. The van der Waals surface area contributed by atoms with E-state index in [9.17, 15) is 10.2 Å². The number of hydrogen-bond donors (Lipinski definition) is 3. The molecule has 0 radical (unpaired) electrons. The van der Waals surface area contributed by atoms with E-state index in [1.165, 1.54) is 9.79 Å². The molecule has 0 unspecified atom stereocenters. The molecule has 0 saturated carbocycles. The third-order valence-electron chi connectivity index (χ3n) is 7.37. The summed E-state index contributed by atoms with van der Waals surface area (Å²) in [7, 11) is 0. The van der Waals surface area contributed by atoms with Gasteiger partial charge in [-0.1, -0.05) is 83.1 Å². The number of phenolic OH excluding ortho intramolecular Hbond substituents is 2. The maximum Gasteiger partial charge on any atom is 0.123 e. The first-order chi connectivity index (χ1) is 17.1. The maximum atomic E-state index is 11.3. The van der Waals surface area contributed by atoms with Crippen molar-refractivity contribution >= 4 is 23.5 Å². The first kappa shape index (κ1) is 31.2. The summed E-state index contributed by atoms with van der Waals surface area (Å²) in [5.74, 6) is 0.870. The molecule has 1 saturated heterocycles. The molecule has 0 bridgehead atoms. The molecule has 1 heterocycles. The van der Waals surface area contributed by atoms with Crippen LogP contribution in [0, 0.1) is 0 Å². The Morgan fingerprint density at radius 2 is 0.816 bits per heavy atom. The van der Waals surface area contributed by atoms with Gasteiger partial charge in [0.1, 0.15) is 11.5 Å². The fraction of sp³-hybridized carbons (Fsp3) is 0.636. The molecule has 3 rings (SSSR count). The minimum atomic E-state index is -0.157. The average Bonchev–Trinajstić information content (AvgIpc) is 2.73. The first-order valence-electron chi connectivity index (χ1n) is 14.0. The van der Waals surface area contributed by atoms with Gasteiger partial charge in [0.25, 0.3) is 0 Å². The lowest BCUT2D eigenvalue weighted by atomic mass is 9.79. The summed E-state index contributed by atoms with van der Waals surface area (Å²) >= 11 is 3.91. The molecule has 0 amide bonds. The lowest BCUT2D eigenvalue weighted by Crippen LogP contribution is -2.37. The van der Waals surface area contributed by atoms with Gasteiger partial charge in [-0.3, -0.25) is 0 Å². The van der Waals surface area contributed by atoms with E-state index >= 15 is 0 Å². The highest BCUT2D eigenvalue weighted by atomic mass is 32.2. The van der Waals surface area contributed by atoms with Crippen molar-refractivity contribution in [1.29, 1.82) is 0 Å². The molecule has 0 spiro atoms. The molecule has 5 heteroatoms. The second kappa shape index (κ2) is 10.6. The van der Waals surface area contributed by atoms with Crippen LogP contribution in [0.4, 0.5) is 0 Å². The zero-order chi connectivity index (χ0) is 28.9. The first-order valence-corrected chi connectivity index (χ1v) is 15.6. The van der Waals surface area contributed by atoms with Crippen LogP contribution in [0.3, 0.4) is 0 Å². The van der Waals surface area contributed by atoms with E-state index in [0.717, 1.165) is 48.2 Å². The van der Waals surface area contributed by atoms with E-state index in [-0.39, 0.29) is 25.7 Å². The van der Waals surface area contributed by atoms with Gasteiger partial charge in [0.05, 0.1) is 4.08 Å². The molecule has 0 atom stereocenters. The van der Waals surface area contributed by atoms with Crippen molar-refractivity contribution in [3.05, 3.63) is 46.5 Å². The molecule has 2 aromatic rings. The van der Waals surface area contributed by atoms with Crippen molar-refractivity contribution < 1.29 is 10.2 Å². The summed E-state index contributed by atoms with van der Waals surface area (Å²) in [6.07, 6.45) is 2.07. The van der Waals surface area contributed by atoms with Crippen molar-refractivity contribution in [1.82, 2.24) is 5.32 Å². The van der Waals surface area contributed by atoms with Gasteiger partial charge in [-0.05, 0) is 71.9 Å². The van der Waals surface area contributed by atoms with Crippen LogP contribution in [-0.2, 0) is 21.7 Å². The highest BCUT2D eigenvalue weighted by Crippen LogP contribution is 2.54. The fourth-order valence-corrected chi connectivity index (χ4v) is 8.21. The zero-order valence-electron chi connectivity index (χ0n) is 25.8. The van der Waals surface area contributed by atoms with Crippen molar-refractivity contribution in [2.24, 2.45) is 0 Å². The third kappa shape index (κ3) is 7.06. The van der Waals surface area contributed by atoms with Gasteiger partial charge in [-0.15, -0.1) is 23.5 Å². The second-order valence-corrected chi connectivity index (χ2v) is 18.3. The Morgan fingerprint density at radius 3 is 1.05 bits per heavy atom. The minimum Gasteiger partial charge on any atom is -0.507 e. The number of nitrogens with one attached hydrogen (secondary N) is 1. The molecule has 0 aromatic heterocycles. The summed E-state index contributed by atoms with van der Waals surface area (Å²) < 4.78 is -0.0478. The lowest BCUT2D eigenvalue weighted by Gasteiger charge is -2.38. The van der Waals surface area contributed by atoms with Gasteiger partial charge in [0.15, 0.2) is 0 Å². The molecule has 1 fully saturated rings. The largest absolute Gasteiger partial charge is 0.507 e. The lowest BCUT2D eigenvalue weighted by molar-refractivity contribution is 0.421. The Balaban J connectivity index is 2.15. The maximum absolute atomic E-state index is 11.3. The van der Waals surface area contributed by atoms with Crippen molar-refractivity contribution in [3.8, 4) is 11.5 Å². The van der Waals surface area contributed by atoms with Crippen LogP contribution >= 0.6 is 23.5 Å². The molecule has 3 N–H and O–H groups in total. The number of benzene rings is 2. The molecule has 2 aromatic carbocycles. The molecule has 38 heavy (non-hydrogen) atoms. The summed E-state index contributed by atoms with van der Waals surface area (Å²) in [6.45, 7) is 28.1.